The molecule has 2 N–H and O–H groups in total. The molecule has 0 spiro atoms. The molecule has 1 heterocycles. The first-order valence-electron chi connectivity index (χ1n) is 5.58. The van der Waals surface area contributed by atoms with Gasteiger partial charge in [0, 0.05) is 22.6 Å². The van der Waals surface area contributed by atoms with Crippen LogP contribution in [0.3, 0.4) is 0 Å². The SMILES string of the molecule is CC(CO)NC(=O)c1cc(Cl)cc2cccnc12. The number of rotatable bonds is 3. The highest BCUT2D eigenvalue weighted by atomic mass is 35.5. The van der Waals surface area contributed by atoms with Crippen molar-refractivity contribution in [3.05, 3.63) is 41.0 Å². The molecule has 94 valence electrons. The third-order valence-corrected chi connectivity index (χ3v) is 2.78. The number of benzene rings is 1. The average molecular weight is 265 g/mol. The first-order chi connectivity index (χ1) is 8.61. The third kappa shape index (κ3) is 2.60. The zero-order chi connectivity index (χ0) is 13.1. The molecule has 2 aromatic rings. The highest BCUT2D eigenvalue weighted by Gasteiger charge is 2.14. The molecule has 4 nitrogen and oxygen atoms in total. The van der Waals surface area contributed by atoms with Gasteiger partial charge in [-0.15, -0.1) is 0 Å². The highest BCUT2D eigenvalue weighted by Crippen LogP contribution is 2.22. The zero-order valence-corrected chi connectivity index (χ0v) is 10.6. The van der Waals surface area contributed by atoms with Crippen molar-refractivity contribution in [3.8, 4) is 0 Å². The molecule has 0 aliphatic heterocycles. The first-order valence-corrected chi connectivity index (χ1v) is 5.95. The smallest absolute Gasteiger partial charge is 0.253 e. The van der Waals surface area contributed by atoms with Crippen molar-refractivity contribution >= 4 is 28.4 Å². The third-order valence-electron chi connectivity index (χ3n) is 2.57. The van der Waals surface area contributed by atoms with Gasteiger partial charge in [0.25, 0.3) is 5.91 Å². The summed E-state index contributed by atoms with van der Waals surface area (Å²) in [7, 11) is 0. The van der Waals surface area contributed by atoms with Crippen LogP contribution in [0.2, 0.25) is 5.02 Å². The van der Waals surface area contributed by atoms with Crippen molar-refractivity contribution < 1.29 is 9.90 Å². The molecule has 1 unspecified atom stereocenters. The summed E-state index contributed by atoms with van der Waals surface area (Å²) in [5, 5.41) is 12.9. The summed E-state index contributed by atoms with van der Waals surface area (Å²) < 4.78 is 0. The van der Waals surface area contributed by atoms with Crippen LogP contribution in [0.25, 0.3) is 10.9 Å². The number of carbonyl (C=O) groups is 1. The monoisotopic (exact) mass is 264 g/mol. The van der Waals surface area contributed by atoms with Crippen LogP contribution in [-0.2, 0) is 0 Å². The number of nitrogens with one attached hydrogen (secondary N) is 1. The second kappa shape index (κ2) is 5.33. The largest absolute Gasteiger partial charge is 0.394 e. The Morgan fingerprint density at radius 1 is 1.56 bits per heavy atom. The molecule has 1 amide bonds. The Morgan fingerprint density at radius 3 is 3.06 bits per heavy atom. The summed E-state index contributed by atoms with van der Waals surface area (Å²) in [6.07, 6.45) is 1.63. The van der Waals surface area contributed by atoms with E-state index in [2.05, 4.69) is 10.3 Å². The van der Waals surface area contributed by atoms with Gasteiger partial charge < -0.3 is 10.4 Å². The van der Waals surface area contributed by atoms with Crippen LogP contribution in [0.5, 0.6) is 0 Å². The van der Waals surface area contributed by atoms with Crippen LogP contribution in [0.4, 0.5) is 0 Å². The molecule has 1 aromatic carbocycles. The molecule has 1 atom stereocenters. The lowest BCUT2D eigenvalue weighted by Gasteiger charge is -2.12. The van der Waals surface area contributed by atoms with E-state index in [1.807, 2.05) is 6.07 Å². The van der Waals surface area contributed by atoms with Gasteiger partial charge in [0.2, 0.25) is 0 Å². The summed E-state index contributed by atoms with van der Waals surface area (Å²) in [6, 6.07) is 6.67. The molecule has 1 aromatic heterocycles. The number of hydrogen-bond donors (Lipinski definition) is 2. The number of aromatic nitrogens is 1. The first kappa shape index (κ1) is 12.8. The minimum absolute atomic E-state index is 0.113. The van der Waals surface area contributed by atoms with Crippen LogP contribution >= 0.6 is 11.6 Å². The summed E-state index contributed by atoms with van der Waals surface area (Å²) in [6.45, 7) is 1.61. The number of halogens is 1. The minimum atomic E-state index is -0.310. The molecule has 0 saturated heterocycles. The van der Waals surface area contributed by atoms with Gasteiger partial charge in [0.05, 0.1) is 17.7 Å². The van der Waals surface area contributed by atoms with Crippen molar-refractivity contribution in [2.45, 2.75) is 13.0 Å². The second-order valence-electron chi connectivity index (χ2n) is 4.09. The number of fused-ring (bicyclic) bond motifs is 1. The maximum absolute atomic E-state index is 12.1. The highest BCUT2D eigenvalue weighted by molar-refractivity contribution is 6.32. The van der Waals surface area contributed by atoms with E-state index in [9.17, 15) is 4.79 Å². The molecule has 2 rings (SSSR count). The fourth-order valence-electron chi connectivity index (χ4n) is 1.68. The lowest BCUT2D eigenvalue weighted by Crippen LogP contribution is -2.35. The van der Waals surface area contributed by atoms with Gasteiger partial charge in [-0.1, -0.05) is 17.7 Å². The van der Waals surface area contributed by atoms with E-state index in [1.165, 1.54) is 0 Å². The van der Waals surface area contributed by atoms with Gasteiger partial charge in [0.1, 0.15) is 0 Å². The Hall–Kier alpha value is -1.65. The number of amides is 1. The number of aliphatic hydroxyl groups is 1. The quantitative estimate of drug-likeness (QED) is 0.891. The van der Waals surface area contributed by atoms with Crippen molar-refractivity contribution in [2.24, 2.45) is 0 Å². The average Bonchev–Trinajstić information content (AvgIpc) is 2.37. The fraction of sp³-hybridized carbons (Fsp3) is 0.231. The molecular formula is C13H13ClN2O2. The molecule has 0 radical (unpaired) electrons. The zero-order valence-electron chi connectivity index (χ0n) is 9.85. The Balaban J connectivity index is 2.46. The maximum Gasteiger partial charge on any atom is 0.253 e. The van der Waals surface area contributed by atoms with Gasteiger partial charge in [0.15, 0.2) is 0 Å². The number of aliphatic hydroxyl groups excluding tert-OH is 1. The van der Waals surface area contributed by atoms with E-state index in [0.29, 0.717) is 16.1 Å². The van der Waals surface area contributed by atoms with Gasteiger partial charge in [-0.25, -0.2) is 0 Å². The number of hydrogen-bond acceptors (Lipinski definition) is 3. The van der Waals surface area contributed by atoms with Gasteiger partial charge in [-0.2, -0.15) is 0 Å². The summed E-state index contributed by atoms with van der Waals surface area (Å²) in [4.78, 5) is 16.3. The maximum atomic E-state index is 12.1. The molecule has 0 fully saturated rings. The summed E-state index contributed by atoms with van der Waals surface area (Å²) >= 11 is 5.98. The van der Waals surface area contributed by atoms with E-state index in [4.69, 9.17) is 16.7 Å². The predicted octanol–water partition coefficient (Wildman–Crippen LogP) is 2.00. The van der Waals surface area contributed by atoms with E-state index in [1.54, 1.807) is 31.3 Å². The Bertz CT molecular complexity index is 586. The van der Waals surface area contributed by atoms with Gasteiger partial charge >= 0.3 is 0 Å². The van der Waals surface area contributed by atoms with Crippen molar-refractivity contribution in [1.82, 2.24) is 10.3 Å². The van der Waals surface area contributed by atoms with E-state index >= 15 is 0 Å². The van der Waals surface area contributed by atoms with Crippen molar-refractivity contribution in [1.29, 1.82) is 0 Å². The Labute approximate surface area is 110 Å². The van der Waals surface area contributed by atoms with Crippen LogP contribution in [0.1, 0.15) is 17.3 Å². The molecular weight excluding hydrogens is 252 g/mol. The molecule has 0 aliphatic carbocycles. The van der Waals surface area contributed by atoms with E-state index in [-0.39, 0.29) is 18.6 Å². The van der Waals surface area contributed by atoms with Crippen LogP contribution in [0, 0.1) is 0 Å². The minimum Gasteiger partial charge on any atom is -0.394 e. The van der Waals surface area contributed by atoms with E-state index < -0.39 is 0 Å². The predicted molar refractivity (Wildman–Crippen MR) is 70.8 cm³/mol. The molecule has 18 heavy (non-hydrogen) atoms. The molecule has 0 bridgehead atoms. The Morgan fingerprint density at radius 2 is 2.33 bits per heavy atom. The lowest BCUT2D eigenvalue weighted by molar-refractivity contribution is 0.0924. The van der Waals surface area contributed by atoms with Crippen LogP contribution in [0.15, 0.2) is 30.5 Å². The molecule has 0 aliphatic rings. The van der Waals surface area contributed by atoms with Crippen molar-refractivity contribution in [2.75, 3.05) is 6.61 Å². The molecule has 5 heteroatoms. The number of pyridine rings is 1. The standard InChI is InChI=1S/C13H13ClN2O2/c1-8(7-17)16-13(18)11-6-10(14)5-9-3-2-4-15-12(9)11/h2-6,8,17H,7H2,1H3,(H,16,18). The summed E-state index contributed by atoms with van der Waals surface area (Å²) in [5.41, 5.74) is 1.02. The van der Waals surface area contributed by atoms with Crippen LogP contribution in [-0.4, -0.2) is 28.6 Å². The summed E-state index contributed by atoms with van der Waals surface area (Å²) in [5.74, 6) is -0.289. The number of nitrogens with zero attached hydrogens (tertiary/aromatic N) is 1. The van der Waals surface area contributed by atoms with Crippen LogP contribution < -0.4 is 5.32 Å². The second-order valence-corrected chi connectivity index (χ2v) is 4.52. The van der Waals surface area contributed by atoms with Gasteiger partial charge in [-0.05, 0) is 25.1 Å². The molecule has 0 saturated carbocycles. The Kier molecular flexibility index (Phi) is 3.79. The lowest BCUT2D eigenvalue weighted by atomic mass is 10.1. The van der Waals surface area contributed by atoms with E-state index in [0.717, 1.165) is 5.39 Å². The fourth-order valence-corrected chi connectivity index (χ4v) is 1.90. The normalized spacial score (nSPS) is 12.4. The van der Waals surface area contributed by atoms with Crippen molar-refractivity contribution in [3.63, 3.8) is 0 Å². The van der Waals surface area contributed by atoms with Gasteiger partial charge in [-0.3, -0.25) is 9.78 Å². The number of carbonyl (C=O) groups excluding carboxylic acids is 1. The topological polar surface area (TPSA) is 62.2 Å².